The number of ether oxygens (including phenoxy) is 6. The van der Waals surface area contributed by atoms with Crippen LogP contribution in [0, 0.1) is 23.7 Å². The lowest BCUT2D eigenvalue weighted by Crippen LogP contribution is -2.60. The number of hydrogen-bond acceptors (Lipinski definition) is 13. The number of hydrogen-bond donors (Lipinski definition) is 2. The fourth-order valence-electron chi connectivity index (χ4n) is 7.53. The van der Waals surface area contributed by atoms with Crippen LogP contribution in [0.25, 0.3) is 0 Å². The average Bonchev–Trinajstić information content (AvgIpc) is 3.03. The van der Waals surface area contributed by atoms with E-state index in [1.54, 1.807) is 20.8 Å². The molecule has 13 heteroatoms. The number of likely N-dealkylation sites (N-methyl/N-ethyl adjacent to an activating group) is 1. The Morgan fingerprint density at radius 1 is 1.08 bits per heavy atom. The first kappa shape index (κ1) is 40.5. The Morgan fingerprint density at radius 2 is 1.75 bits per heavy atom. The molecule has 0 aromatic rings. The quantitative estimate of drug-likeness (QED) is 0.101. The molecule has 0 aromatic carbocycles. The molecule has 0 unspecified atom stereocenters. The average molecular weight is 685 g/mol. The Labute approximate surface area is 286 Å². The number of ketones is 1. The standard InChI is InChI=1S/C35H60N2O11/c1-13-26-35(9,41)31-22(5)27(36-45-18-42-12)20(3)15-34(8,44-17-19(2)16-43-31)30(23(6)28(38)24(7)32(40)47-26)48-33-29(39)25(37(10)11)14-21(4)46-33/h20-26,29-31,33,39,41H,2,13-18H2,1,3-12H3/b36-27+/t20-,21-,22+,23+,24-,25+,26-,29-,30-,31-,33+,34-,35-/m1/s1. The number of aliphatic hydroxyl groups excluding tert-OH is 1. The third-order valence-electron chi connectivity index (χ3n) is 10.2. The molecule has 13 nitrogen and oxygen atoms in total. The molecule has 0 radical (unpaired) electrons. The summed E-state index contributed by atoms with van der Waals surface area (Å²) in [5, 5.41) is 28.1. The lowest BCUT2D eigenvalue weighted by atomic mass is 9.74. The molecule has 0 amide bonds. The monoisotopic (exact) mass is 684 g/mol. The molecule has 13 atom stereocenters. The summed E-state index contributed by atoms with van der Waals surface area (Å²) in [5.74, 6) is -4.26. The molecule has 3 rings (SSSR count). The van der Waals surface area contributed by atoms with Crippen LogP contribution in [0.1, 0.15) is 74.7 Å². The van der Waals surface area contributed by atoms with Crippen LogP contribution in [0.3, 0.4) is 0 Å². The number of carbonyl (C=O) groups is 2. The highest BCUT2D eigenvalue weighted by atomic mass is 16.7. The fourth-order valence-corrected chi connectivity index (χ4v) is 7.53. The van der Waals surface area contributed by atoms with E-state index in [0.29, 0.717) is 17.7 Å². The van der Waals surface area contributed by atoms with E-state index >= 15 is 0 Å². The van der Waals surface area contributed by atoms with E-state index in [4.69, 9.17) is 33.3 Å². The Morgan fingerprint density at radius 3 is 2.35 bits per heavy atom. The van der Waals surface area contributed by atoms with Crippen molar-refractivity contribution in [2.24, 2.45) is 28.8 Å². The van der Waals surface area contributed by atoms with E-state index in [9.17, 15) is 19.8 Å². The van der Waals surface area contributed by atoms with Gasteiger partial charge in [0, 0.05) is 30.9 Å². The van der Waals surface area contributed by atoms with Crippen LogP contribution in [-0.4, -0.2) is 128 Å². The number of Topliss-reactive ketones (excluding diaryl/α,β-unsaturated/α-hetero) is 1. The summed E-state index contributed by atoms with van der Waals surface area (Å²) in [7, 11) is 5.26. The predicted molar refractivity (Wildman–Crippen MR) is 178 cm³/mol. The van der Waals surface area contributed by atoms with Crippen molar-refractivity contribution in [2.45, 2.75) is 129 Å². The topological polar surface area (TPSA) is 155 Å². The van der Waals surface area contributed by atoms with Crippen LogP contribution in [0.4, 0.5) is 0 Å². The van der Waals surface area contributed by atoms with Crippen LogP contribution in [0.15, 0.2) is 17.3 Å². The molecular formula is C35H60N2O11. The van der Waals surface area contributed by atoms with Gasteiger partial charge in [-0.15, -0.1) is 0 Å². The summed E-state index contributed by atoms with van der Waals surface area (Å²) in [6.07, 6.45) is -4.23. The summed E-state index contributed by atoms with van der Waals surface area (Å²) in [5.41, 5.74) is -1.81. The van der Waals surface area contributed by atoms with Crippen LogP contribution in [-0.2, 0) is 42.8 Å². The van der Waals surface area contributed by atoms with Gasteiger partial charge in [0.2, 0.25) is 6.79 Å². The molecule has 0 aromatic heterocycles. The molecule has 0 spiro atoms. The highest BCUT2D eigenvalue weighted by Gasteiger charge is 2.53. The summed E-state index contributed by atoms with van der Waals surface area (Å²) in [6.45, 7) is 18.3. The van der Waals surface area contributed by atoms with Crippen molar-refractivity contribution in [1.82, 2.24) is 4.90 Å². The largest absolute Gasteiger partial charge is 0.459 e. The van der Waals surface area contributed by atoms with Gasteiger partial charge in [-0.05, 0) is 66.6 Å². The van der Waals surface area contributed by atoms with Gasteiger partial charge in [0.05, 0.1) is 42.8 Å². The Bertz CT molecular complexity index is 1150. The zero-order chi connectivity index (χ0) is 36.1. The molecule has 2 N–H and O–H groups in total. The molecule has 276 valence electrons. The number of rotatable bonds is 7. The van der Waals surface area contributed by atoms with Gasteiger partial charge in [-0.1, -0.05) is 39.4 Å². The van der Waals surface area contributed by atoms with Crippen LogP contribution in [0.5, 0.6) is 0 Å². The first-order chi connectivity index (χ1) is 22.4. The minimum absolute atomic E-state index is 0.0229. The number of aliphatic hydroxyl groups is 2. The highest BCUT2D eigenvalue weighted by molar-refractivity contribution is 6.00. The minimum Gasteiger partial charge on any atom is -0.459 e. The van der Waals surface area contributed by atoms with Crippen LogP contribution < -0.4 is 0 Å². The van der Waals surface area contributed by atoms with Crippen molar-refractivity contribution in [3.63, 3.8) is 0 Å². The van der Waals surface area contributed by atoms with E-state index in [-0.39, 0.29) is 50.9 Å². The highest BCUT2D eigenvalue weighted by Crippen LogP contribution is 2.40. The van der Waals surface area contributed by atoms with E-state index in [0.717, 1.165) is 0 Å². The van der Waals surface area contributed by atoms with Crippen LogP contribution >= 0.6 is 0 Å². The molecular weight excluding hydrogens is 624 g/mol. The number of fused-ring (bicyclic) bond motifs is 5. The molecule has 2 bridgehead atoms. The van der Waals surface area contributed by atoms with Crippen molar-refractivity contribution in [2.75, 3.05) is 41.2 Å². The zero-order valence-electron chi connectivity index (χ0n) is 30.8. The Hall–Kier alpha value is -1.97. The van der Waals surface area contributed by atoms with Crippen LogP contribution in [0.2, 0.25) is 0 Å². The number of carbonyl (C=O) groups excluding carboxylic acids is 2. The van der Waals surface area contributed by atoms with E-state index in [1.165, 1.54) is 14.0 Å². The maximum atomic E-state index is 14.2. The molecule has 3 aliphatic rings. The van der Waals surface area contributed by atoms with E-state index < -0.39 is 71.4 Å². The fraction of sp³-hybridized carbons (Fsp3) is 0.857. The molecule has 3 saturated heterocycles. The smallest absolute Gasteiger partial charge is 0.316 e. The van der Waals surface area contributed by atoms with Gasteiger partial charge in [-0.2, -0.15) is 0 Å². The predicted octanol–water partition coefficient (Wildman–Crippen LogP) is 3.09. The van der Waals surface area contributed by atoms with Gasteiger partial charge in [0.15, 0.2) is 12.1 Å². The van der Waals surface area contributed by atoms with Crippen molar-refractivity contribution < 1.29 is 53.1 Å². The Kier molecular flexibility index (Phi) is 14.2. The number of oxime groups is 1. The molecule has 3 fully saturated rings. The number of nitrogens with zero attached hydrogens (tertiary/aromatic N) is 2. The van der Waals surface area contributed by atoms with Gasteiger partial charge < -0.3 is 48.4 Å². The summed E-state index contributed by atoms with van der Waals surface area (Å²) >= 11 is 0. The molecule has 48 heavy (non-hydrogen) atoms. The third-order valence-corrected chi connectivity index (χ3v) is 10.2. The van der Waals surface area contributed by atoms with E-state index in [2.05, 4.69) is 11.7 Å². The normalized spacial score (nSPS) is 43.3. The van der Waals surface area contributed by atoms with Gasteiger partial charge >= 0.3 is 5.97 Å². The lowest BCUT2D eigenvalue weighted by molar-refractivity contribution is -0.296. The van der Waals surface area contributed by atoms with E-state index in [1.807, 2.05) is 46.7 Å². The molecule has 3 heterocycles. The maximum Gasteiger partial charge on any atom is 0.316 e. The second-order valence-corrected chi connectivity index (χ2v) is 14.6. The van der Waals surface area contributed by atoms with Gasteiger partial charge in [0.25, 0.3) is 0 Å². The first-order valence-corrected chi connectivity index (χ1v) is 17.1. The second kappa shape index (κ2) is 16.8. The summed E-state index contributed by atoms with van der Waals surface area (Å²) in [6, 6.07) is -0.262. The third kappa shape index (κ3) is 9.03. The van der Waals surface area contributed by atoms with Gasteiger partial charge in [0.1, 0.15) is 23.7 Å². The minimum atomic E-state index is -1.71. The van der Waals surface area contributed by atoms with Crippen molar-refractivity contribution in [1.29, 1.82) is 0 Å². The first-order valence-electron chi connectivity index (χ1n) is 17.1. The maximum absolute atomic E-state index is 14.2. The SMILES string of the molecule is C=C1CO[C@@H]2[C@@H](C)/C(=N/OCOC)[C@H](C)C[C@@](C)(OC1)[C@H](O[C@@H]1O[C@H](C)C[C@H](N(C)C)[C@H]1O)[C@@H](C)C(=O)[C@@H](C)C(=O)O[C@H](CC)[C@@]2(C)O. The van der Waals surface area contributed by atoms with Gasteiger partial charge in [-0.3, -0.25) is 9.59 Å². The van der Waals surface area contributed by atoms with Crippen molar-refractivity contribution in [3.8, 4) is 0 Å². The zero-order valence-corrected chi connectivity index (χ0v) is 30.8. The lowest BCUT2D eigenvalue weighted by Gasteiger charge is -2.47. The summed E-state index contributed by atoms with van der Waals surface area (Å²) in [4.78, 5) is 35.3. The molecule has 0 aliphatic carbocycles. The van der Waals surface area contributed by atoms with Crippen molar-refractivity contribution >= 4 is 17.5 Å². The van der Waals surface area contributed by atoms with Crippen molar-refractivity contribution in [3.05, 3.63) is 12.2 Å². The number of cyclic esters (lactones) is 1. The molecule has 0 saturated carbocycles. The second-order valence-electron chi connectivity index (χ2n) is 14.6. The van der Waals surface area contributed by atoms with Gasteiger partial charge in [-0.25, -0.2) is 0 Å². The number of methoxy groups -OCH3 is 1. The molecule has 3 aliphatic heterocycles. The Balaban J connectivity index is 2.27. The number of esters is 1. The summed E-state index contributed by atoms with van der Waals surface area (Å²) < 4.78 is 37.0.